The molecule has 0 unspecified atom stereocenters. The fourth-order valence-electron chi connectivity index (χ4n) is 3.70. The number of carbonyl (C=O) groups excluding carboxylic acids is 1. The van der Waals surface area contributed by atoms with Gasteiger partial charge in [0.25, 0.3) is 5.91 Å². The average Bonchev–Trinajstić information content (AvgIpc) is 3.05. The summed E-state index contributed by atoms with van der Waals surface area (Å²) in [5.74, 6) is -0.438. The second-order valence-electron chi connectivity index (χ2n) is 6.85. The van der Waals surface area contributed by atoms with Crippen molar-refractivity contribution in [1.82, 2.24) is 14.9 Å². The van der Waals surface area contributed by atoms with Crippen LogP contribution >= 0.6 is 0 Å². The van der Waals surface area contributed by atoms with Gasteiger partial charge in [-0.1, -0.05) is 36.4 Å². The molecule has 0 bridgehead atoms. The number of aromatic nitrogens is 2. The van der Waals surface area contributed by atoms with Crippen LogP contribution in [0.1, 0.15) is 21.6 Å². The zero-order valence-electron chi connectivity index (χ0n) is 15.0. The van der Waals surface area contributed by atoms with Crippen LogP contribution in [0.4, 0.5) is 4.39 Å². The van der Waals surface area contributed by atoms with E-state index >= 15 is 0 Å². The molecule has 0 saturated heterocycles. The Morgan fingerprint density at radius 3 is 2.57 bits per heavy atom. The summed E-state index contributed by atoms with van der Waals surface area (Å²) in [7, 11) is 0. The van der Waals surface area contributed by atoms with Crippen LogP contribution in [0.25, 0.3) is 22.0 Å². The van der Waals surface area contributed by atoms with Crippen molar-refractivity contribution in [3.63, 3.8) is 0 Å². The summed E-state index contributed by atoms with van der Waals surface area (Å²) in [4.78, 5) is 22.8. The lowest BCUT2D eigenvalue weighted by molar-refractivity contribution is 0.0765. The first-order valence-corrected chi connectivity index (χ1v) is 9.06. The molecule has 5 rings (SSSR count). The van der Waals surface area contributed by atoms with Crippen molar-refractivity contribution < 1.29 is 9.18 Å². The molecule has 1 aliphatic rings. The molecule has 136 valence electrons. The Bertz CT molecular complexity index is 1220. The first-order chi connectivity index (χ1) is 13.7. The van der Waals surface area contributed by atoms with Crippen LogP contribution in [0.15, 0.2) is 73.1 Å². The van der Waals surface area contributed by atoms with Gasteiger partial charge in [-0.25, -0.2) is 4.39 Å². The number of amides is 1. The van der Waals surface area contributed by atoms with Gasteiger partial charge in [0.1, 0.15) is 5.82 Å². The Morgan fingerprint density at radius 2 is 1.71 bits per heavy atom. The zero-order chi connectivity index (χ0) is 19.1. The summed E-state index contributed by atoms with van der Waals surface area (Å²) in [6.45, 7) is 0.624. The molecule has 0 fully saturated rings. The summed E-state index contributed by atoms with van der Waals surface area (Å²) >= 11 is 0. The van der Waals surface area contributed by atoms with Crippen LogP contribution in [-0.4, -0.2) is 20.8 Å². The van der Waals surface area contributed by atoms with E-state index in [0.717, 1.165) is 27.7 Å². The fraction of sp³-hybridized carbons (Fsp3) is 0.0870. The second kappa shape index (κ2) is 6.53. The molecule has 2 aromatic heterocycles. The lowest BCUT2D eigenvalue weighted by Crippen LogP contribution is -2.23. The SMILES string of the molecule is O=C1c2cccnc2CN1Cc1ccc(-c2cccc3cccnc23)cc1F. The van der Waals surface area contributed by atoms with Gasteiger partial charge in [-0.05, 0) is 29.8 Å². The number of hydrogen-bond acceptors (Lipinski definition) is 3. The molecule has 28 heavy (non-hydrogen) atoms. The highest BCUT2D eigenvalue weighted by molar-refractivity contribution is 5.97. The van der Waals surface area contributed by atoms with Crippen molar-refractivity contribution in [3.05, 3.63) is 95.7 Å². The number of hydrogen-bond donors (Lipinski definition) is 0. The number of pyridine rings is 2. The largest absolute Gasteiger partial charge is 0.328 e. The Hall–Kier alpha value is -3.60. The van der Waals surface area contributed by atoms with Crippen LogP contribution in [0.3, 0.4) is 0 Å². The van der Waals surface area contributed by atoms with Gasteiger partial charge in [0, 0.05) is 35.5 Å². The van der Waals surface area contributed by atoms with Crippen molar-refractivity contribution in [2.24, 2.45) is 0 Å². The van der Waals surface area contributed by atoms with E-state index in [2.05, 4.69) is 9.97 Å². The molecule has 3 heterocycles. The van der Waals surface area contributed by atoms with Crippen molar-refractivity contribution >= 4 is 16.8 Å². The van der Waals surface area contributed by atoms with Crippen molar-refractivity contribution in [3.8, 4) is 11.1 Å². The van der Waals surface area contributed by atoms with Crippen molar-refractivity contribution in [1.29, 1.82) is 0 Å². The number of carbonyl (C=O) groups is 1. The van der Waals surface area contributed by atoms with Crippen LogP contribution in [-0.2, 0) is 13.1 Å². The van der Waals surface area contributed by atoms with Crippen LogP contribution in [0.2, 0.25) is 0 Å². The Labute approximate surface area is 161 Å². The molecule has 0 aliphatic carbocycles. The smallest absolute Gasteiger partial charge is 0.256 e. The van der Waals surface area contributed by atoms with Crippen LogP contribution in [0.5, 0.6) is 0 Å². The highest BCUT2D eigenvalue weighted by atomic mass is 19.1. The van der Waals surface area contributed by atoms with E-state index < -0.39 is 0 Å². The molecular formula is C23H16FN3O. The van der Waals surface area contributed by atoms with Gasteiger partial charge in [-0.2, -0.15) is 0 Å². The Morgan fingerprint density at radius 1 is 0.929 bits per heavy atom. The molecule has 1 amide bonds. The molecule has 5 heteroatoms. The molecule has 0 radical (unpaired) electrons. The number of para-hydroxylation sites is 1. The molecular weight excluding hydrogens is 353 g/mol. The van der Waals surface area contributed by atoms with E-state index in [1.54, 1.807) is 35.5 Å². The van der Waals surface area contributed by atoms with Crippen molar-refractivity contribution in [2.45, 2.75) is 13.1 Å². The first-order valence-electron chi connectivity index (χ1n) is 9.06. The van der Waals surface area contributed by atoms with E-state index in [1.165, 1.54) is 6.07 Å². The average molecular weight is 369 g/mol. The van der Waals surface area contributed by atoms with E-state index in [9.17, 15) is 9.18 Å². The minimum atomic E-state index is -0.331. The molecule has 0 N–H and O–H groups in total. The lowest BCUT2D eigenvalue weighted by atomic mass is 10.0. The summed E-state index contributed by atoms with van der Waals surface area (Å²) in [6, 6.07) is 18.4. The molecule has 0 saturated carbocycles. The van der Waals surface area contributed by atoms with Gasteiger partial charge in [-0.15, -0.1) is 0 Å². The molecule has 1 aliphatic heterocycles. The Balaban J connectivity index is 1.45. The van der Waals surface area contributed by atoms with Gasteiger partial charge in [0.15, 0.2) is 0 Å². The standard InChI is InChI=1S/C23H16FN3O/c24-20-12-16(18-6-1-4-15-5-2-11-26-22(15)18)8-9-17(20)13-27-14-21-19(23(27)28)7-3-10-25-21/h1-12H,13-14H2. The summed E-state index contributed by atoms with van der Waals surface area (Å²) < 4.78 is 14.9. The Kier molecular flexibility index (Phi) is 3.86. The number of benzene rings is 2. The predicted octanol–water partition coefficient (Wildman–Crippen LogP) is 4.59. The zero-order valence-corrected chi connectivity index (χ0v) is 15.0. The van der Waals surface area contributed by atoms with Gasteiger partial charge in [0.2, 0.25) is 0 Å². The molecule has 2 aromatic carbocycles. The predicted molar refractivity (Wildman–Crippen MR) is 105 cm³/mol. The number of nitrogens with zero attached hydrogens (tertiary/aromatic N) is 3. The summed E-state index contributed by atoms with van der Waals surface area (Å²) in [6.07, 6.45) is 3.41. The highest BCUT2D eigenvalue weighted by Crippen LogP contribution is 2.29. The molecule has 0 atom stereocenters. The maximum absolute atomic E-state index is 14.9. The minimum absolute atomic E-state index is 0.107. The maximum atomic E-state index is 14.9. The minimum Gasteiger partial charge on any atom is -0.328 e. The van der Waals surface area contributed by atoms with E-state index in [4.69, 9.17) is 0 Å². The number of rotatable bonds is 3. The van der Waals surface area contributed by atoms with Gasteiger partial charge >= 0.3 is 0 Å². The summed E-state index contributed by atoms with van der Waals surface area (Å²) in [5.41, 5.74) is 4.32. The normalized spacial score (nSPS) is 13.2. The van der Waals surface area contributed by atoms with Gasteiger partial charge in [0.05, 0.1) is 23.3 Å². The molecule has 0 spiro atoms. The third-order valence-electron chi connectivity index (χ3n) is 5.11. The van der Waals surface area contributed by atoms with E-state index in [-0.39, 0.29) is 18.3 Å². The first kappa shape index (κ1) is 16.6. The monoisotopic (exact) mass is 369 g/mol. The number of halogens is 1. The van der Waals surface area contributed by atoms with E-state index in [0.29, 0.717) is 17.7 Å². The second-order valence-corrected chi connectivity index (χ2v) is 6.85. The third-order valence-corrected chi connectivity index (χ3v) is 5.11. The molecule has 4 aromatic rings. The van der Waals surface area contributed by atoms with E-state index in [1.807, 2.05) is 36.4 Å². The van der Waals surface area contributed by atoms with Crippen molar-refractivity contribution in [2.75, 3.05) is 0 Å². The lowest BCUT2D eigenvalue weighted by Gasteiger charge is -2.16. The number of fused-ring (bicyclic) bond motifs is 2. The third kappa shape index (κ3) is 2.72. The quantitative estimate of drug-likeness (QED) is 0.531. The van der Waals surface area contributed by atoms with Gasteiger partial charge in [-0.3, -0.25) is 14.8 Å². The van der Waals surface area contributed by atoms with Crippen LogP contribution in [0, 0.1) is 5.82 Å². The van der Waals surface area contributed by atoms with Gasteiger partial charge < -0.3 is 4.90 Å². The topological polar surface area (TPSA) is 46.1 Å². The fourth-order valence-corrected chi connectivity index (χ4v) is 3.70. The van der Waals surface area contributed by atoms with Crippen LogP contribution < -0.4 is 0 Å². The summed E-state index contributed by atoms with van der Waals surface area (Å²) in [5, 5.41) is 1.01. The highest BCUT2D eigenvalue weighted by Gasteiger charge is 2.28. The molecule has 4 nitrogen and oxygen atoms in total. The maximum Gasteiger partial charge on any atom is 0.256 e.